The van der Waals surface area contributed by atoms with Crippen LogP contribution in [0.5, 0.6) is 11.5 Å². The van der Waals surface area contributed by atoms with Crippen molar-refractivity contribution in [3.63, 3.8) is 0 Å². The lowest BCUT2D eigenvalue weighted by molar-refractivity contribution is -0.118. The van der Waals surface area contributed by atoms with Gasteiger partial charge in [-0.1, -0.05) is 48.0 Å². The molecule has 0 radical (unpaired) electrons. The summed E-state index contributed by atoms with van der Waals surface area (Å²) in [4.78, 5) is 25.2. The molecular weight excluding hydrogens is 620 g/mol. The second-order valence-corrected chi connectivity index (χ2v) is 10.9. The number of carbonyl (C=O) groups excluding carboxylic acids is 2. The van der Waals surface area contributed by atoms with Gasteiger partial charge in [-0.25, -0.2) is 5.43 Å². The van der Waals surface area contributed by atoms with E-state index >= 15 is 0 Å². The molecule has 5 aromatic rings. The number of rotatable bonds is 10. The average molecular weight is 652 g/mol. The van der Waals surface area contributed by atoms with Crippen LogP contribution in [0, 0.1) is 13.8 Å². The summed E-state index contributed by atoms with van der Waals surface area (Å²) in [7, 11) is 1.51. The minimum atomic E-state index is -0.342. The van der Waals surface area contributed by atoms with Crippen molar-refractivity contribution in [3.8, 4) is 28.4 Å². The highest BCUT2D eigenvalue weighted by Gasteiger charge is 2.14. The van der Waals surface area contributed by atoms with Gasteiger partial charge in [-0.2, -0.15) is 5.10 Å². The molecule has 4 aromatic carbocycles. The first-order chi connectivity index (χ1) is 21.3. The Morgan fingerprint density at radius 2 is 1.64 bits per heavy atom. The molecule has 1 heterocycles. The third-order valence-electron chi connectivity index (χ3n) is 6.85. The minimum absolute atomic E-state index is 0.206. The summed E-state index contributed by atoms with van der Waals surface area (Å²) in [6.45, 7) is 3.83. The van der Waals surface area contributed by atoms with Crippen LogP contribution in [0.4, 0.5) is 5.69 Å². The molecule has 0 aliphatic carbocycles. The van der Waals surface area contributed by atoms with Crippen LogP contribution in [0.15, 0.2) is 113 Å². The largest absolute Gasteiger partial charge is 0.493 e. The zero-order chi connectivity index (χ0) is 31.1. The second kappa shape index (κ2) is 13.9. The van der Waals surface area contributed by atoms with Crippen LogP contribution < -0.4 is 20.2 Å². The first-order valence-corrected chi connectivity index (χ1v) is 14.7. The van der Waals surface area contributed by atoms with E-state index < -0.39 is 0 Å². The number of methoxy groups -OCH3 is 1. The Balaban J connectivity index is 1.21. The number of nitrogens with one attached hydrogen (secondary N) is 2. The minimum Gasteiger partial charge on any atom is -0.493 e. The molecule has 222 valence electrons. The van der Waals surface area contributed by atoms with Crippen molar-refractivity contribution in [3.05, 3.63) is 130 Å². The molecule has 9 heteroatoms. The Labute approximate surface area is 264 Å². The molecule has 44 heavy (non-hydrogen) atoms. The van der Waals surface area contributed by atoms with E-state index in [0.717, 1.165) is 28.2 Å². The van der Waals surface area contributed by atoms with Crippen LogP contribution in [-0.4, -0.2) is 36.3 Å². The molecular formula is C35H31BrN4O4. The molecule has 0 saturated carbocycles. The van der Waals surface area contributed by atoms with E-state index in [1.165, 1.54) is 13.3 Å². The lowest BCUT2D eigenvalue weighted by Gasteiger charge is -2.13. The van der Waals surface area contributed by atoms with Crippen LogP contribution in [0.25, 0.3) is 16.9 Å². The lowest BCUT2D eigenvalue weighted by Crippen LogP contribution is -2.20. The molecule has 0 aliphatic heterocycles. The highest BCUT2D eigenvalue weighted by molar-refractivity contribution is 9.10. The number of benzene rings is 4. The normalized spacial score (nSPS) is 10.9. The van der Waals surface area contributed by atoms with Gasteiger partial charge >= 0.3 is 0 Å². The summed E-state index contributed by atoms with van der Waals surface area (Å²) in [5.41, 5.74) is 9.73. The maximum atomic E-state index is 12.8. The Kier molecular flexibility index (Phi) is 9.56. The number of aryl methyl sites for hydroxylation is 2. The molecule has 0 fully saturated rings. The quantitative estimate of drug-likeness (QED) is 0.122. The number of hydrazone groups is 1. The summed E-state index contributed by atoms with van der Waals surface area (Å²) in [6.07, 6.45) is 1.50. The molecule has 0 spiro atoms. The zero-order valence-corrected chi connectivity index (χ0v) is 26.1. The van der Waals surface area contributed by atoms with E-state index in [4.69, 9.17) is 9.47 Å². The summed E-state index contributed by atoms with van der Waals surface area (Å²) in [5.74, 6) is 0.137. The van der Waals surface area contributed by atoms with Gasteiger partial charge in [0.15, 0.2) is 18.1 Å². The molecule has 0 saturated heterocycles. The van der Waals surface area contributed by atoms with E-state index in [-0.39, 0.29) is 18.4 Å². The number of ether oxygens (including phenoxy) is 2. The Hall–Kier alpha value is -5.15. The summed E-state index contributed by atoms with van der Waals surface area (Å²) < 4.78 is 13.9. The van der Waals surface area contributed by atoms with Gasteiger partial charge in [0.2, 0.25) is 0 Å². The van der Waals surface area contributed by atoms with E-state index in [1.807, 2.05) is 61.5 Å². The third kappa shape index (κ3) is 7.25. The van der Waals surface area contributed by atoms with Gasteiger partial charge in [-0.05, 0) is 102 Å². The van der Waals surface area contributed by atoms with E-state index in [0.29, 0.717) is 32.8 Å². The first-order valence-electron chi connectivity index (χ1n) is 13.9. The first kappa shape index (κ1) is 30.3. The number of hydrogen-bond donors (Lipinski definition) is 2. The maximum absolute atomic E-state index is 12.8. The van der Waals surface area contributed by atoms with E-state index in [9.17, 15) is 9.59 Å². The highest BCUT2D eigenvalue weighted by atomic mass is 79.9. The number of anilines is 1. The van der Waals surface area contributed by atoms with Crippen molar-refractivity contribution in [2.45, 2.75) is 13.8 Å². The molecule has 2 amide bonds. The summed E-state index contributed by atoms with van der Waals surface area (Å²) in [6, 6.07) is 32.7. The van der Waals surface area contributed by atoms with Crippen molar-refractivity contribution >= 4 is 39.6 Å². The smallest absolute Gasteiger partial charge is 0.271 e. The van der Waals surface area contributed by atoms with Crippen LogP contribution in [0.2, 0.25) is 0 Å². The molecule has 0 bridgehead atoms. The molecule has 0 aliphatic rings. The van der Waals surface area contributed by atoms with Gasteiger partial charge in [0, 0.05) is 22.6 Å². The van der Waals surface area contributed by atoms with Gasteiger partial charge in [0.1, 0.15) is 0 Å². The van der Waals surface area contributed by atoms with Crippen molar-refractivity contribution in [2.24, 2.45) is 5.10 Å². The molecule has 0 atom stereocenters. The molecule has 8 nitrogen and oxygen atoms in total. The van der Waals surface area contributed by atoms with Gasteiger partial charge in [0.05, 0.1) is 23.5 Å². The van der Waals surface area contributed by atoms with Crippen LogP contribution in [0.3, 0.4) is 0 Å². The summed E-state index contributed by atoms with van der Waals surface area (Å²) in [5, 5.41) is 6.92. The van der Waals surface area contributed by atoms with Crippen molar-refractivity contribution in [2.75, 3.05) is 19.0 Å². The van der Waals surface area contributed by atoms with Gasteiger partial charge in [-0.3, -0.25) is 9.59 Å². The highest BCUT2D eigenvalue weighted by Crippen LogP contribution is 2.36. The molecule has 5 rings (SSSR count). The van der Waals surface area contributed by atoms with Crippen molar-refractivity contribution in [1.82, 2.24) is 9.99 Å². The van der Waals surface area contributed by atoms with Gasteiger partial charge in [-0.15, -0.1) is 0 Å². The predicted octanol–water partition coefficient (Wildman–Crippen LogP) is 7.31. The number of carbonyl (C=O) groups is 2. The van der Waals surface area contributed by atoms with Crippen molar-refractivity contribution in [1.29, 1.82) is 0 Å². The Bertz CT molecular complexity index is 1800. The number of aromatic nitrogens is 1. The Morgan fingerprint density at radius 3 is 2.34 bits per heavy atom. The van der Waals surface area contributed by atoms with Gasteiger partial charge < -0.3 is 19.4 Å². The average Bonchev–Trinajstić information content (AvgIpc) is 3.43. The van der Waals surface area contributed by atoms with Crippen LogP contribution in [-0.2, 0) is 4.79 Å². The number of hydrogen-bond acceptors (Lipinski definition) is 5. The fourth-order valence-electron chi connectivity index (χ4n) is 4.63. The molecule has 0 unspecified atom stereocenters. The molecule has 1 aromatic heterocycles. The third-order valence-corrected chi connectivity index (χ3v) is 7.44. The zero-order valence-electron chi connectivity index (χ0n) is 24.5. The number of nitrogens with zero attached hydrogens (tertiary/aromatic N) is 2. The maximum Gasteiger partial charge on any atom is 0.271 e. The van der Waals surface area contributed by atoms with Crippen molar-refractivity contribution < 1.29 is 19.1 Å². The standard InChI is InChI=1S/C35H31BrN4O4/c1-23-9-14-28(15-10-23)38-33(41)22-44-34-30(36)19-25(20-32(34)43-3)21-37-39-35(42)27-12-16-29(17-13-27)40-24(2)11-18-31(40)26-7-5-4-6-8-26/h4-21H,22H2,1-3H3,(H,38,41)(H,39,42)/b37-21+. The fraction of sp³-hybridized carbons (Fsp3) is 0.114. The van der Waals surface area contributed by atoms with Crippen LogP contribution >= 0.6 is 15.9 Å². The Morgan fingerprint density at radius 1 is 0.909 bits per heavy atom. The SMILES string of the molecule is COc1cc(/C=N/NC(=O)c2ccc(-n3c(C)ccc3-c3ccccc3)cc2)cc(Br)c1OCC(=O)Nc1ccc(C)cc1. The second-order valence-electron chi connectivity index (χ2n) is 10.0. The molecule has 2 N–H and O–H groups in total. The summed E-state index contributed by atoms with van der Waals surface area (Å²) >= 11 is 3.48. The fourth-order valence-corrected chi connectivity index (χ4v) is 5.21. The number of amides is 2. The lowest BCUT2D eigenvalue weighted by atomic mass is 10.1. The predicted molar refractivity (Wildman–Crippen MR) is 177 cm³/mol. The van der Waals surface area contributed by atoms with E-state index in [2.05, 4.69) is 67.5 Å². The number of halogens is 1. The topological polar surface area (TPSA) is 93.9 Å². The van der Waals surface area contributed by atoms with Gasteiger partial charge in [0.25, 0.3) is 11.8 Å². The van der Waals surface area contributed by atoms with Crippen LogP contribution in [0.1, 0.15) is 27.2 Å². The van der Waals surface area contributed by atoms with E-state index in [1.54, 1.807) is 24.3 Å². The monoisotopic (exact) mass is 650 g/mol.